The average Bonchev–Trinajstić information content (AvgIpc) is 3.34. The molecule has 2 saturated heterocycles. The lowest BCUT2D eigenvalue weighted by atomic mass is 9.95. The van der Waals surface area contributed by atoms with Crippen LogP contribution in [-0.4, -0.2) is 24.2 Å². The zero-order chi connectivity index (χ0) is 24.6. The number of nitrogens with one attached hydrogen (secondary N) is 1. The molecule has 1 N–H and O–H groups in total. The van der Waals surface area contributed by atoms with Gasteiger partial charge in [0.15, 0.2) is 0 Å². The van der Waals surface area contributed by atoms with E-state index in [4.69, 9.17) is 0 Å². The maximum Gasteiger partial charge on any atom is 0.0602 e. The van der Waals surface area contributed by atoms with Gasteiger partial charge < -0.3 is 0 Å². The molecule has 4 rings (SSSR count). The number of fused-ring (bicyclic) bond motifs is 1. The number of nitrogens with zero attached hydrogens (tertiary/aromatic N) is 1. The summed E-state index contributed by atoms with van der Waals surface area (Å²) in [7, 11) is 0. The van der Waals surface area contributed by atoms with Gasteiger partial charge in [0.2, 0.25) is 0 Å². The van der Waals surface area contributed by atoms with Gasteiger partial charge in [0.1, 0.15) is 0 Å². The summed E-state index contributed by atoms with van der Waals surface area (Å²) in [5, 5.41) is 6.38. The van der Waals surface area contributed by atoms with Gasteiger partial charge in [-0.15, -0.1) is 0 Å². The van der Waals surface area contributed by atoms with E-state index in [-0.39, 0.29) is 0 Å². The van der Waals surface area contributed by atoms with Crippen LogP contribution in [0.4, 0.5) is 0 Å². The molecule has 2 fully saturated rings. The molecule has 0 radical (unpaired) electrons. The van der Waals surface area contributed by atoms with Crippen molar-refractivity contribution in [3.8, 4) is 0 Å². The summed E-state index contributed by atoms with van der Waals surface area (Å²) in [5.41, 5.74) is 6.42. The van der Waals surface area contributed by atoms with Crippen LogP contribution in [0.15, 0.2) is 96.6 Å². The molecule has 2 unspecified atom stereocenters. The number of rotatable bonds is 6. The smallest absolute Gasteiger partial charge is 0.0602 e. The van der Waals surface area contributed by atoms with Crippen molar-refractivity contribution in [2.75, 3.05) is 13.1 Å². The van der Waals surface area contributed by atoms with Gasteiger partial charge in [0.25, 0.3) is 0 Å². The molecule has 0 spiro atoms. The van der Waals surface area contributed by atoms with Crippen LogP contribution in [0.3, 0.4) is 0 Å². The molecular formula is C33H40N2. The lowest BCUT2D eigenvalue weighted by Gasteiger charge is -2.28. The largest absolute Gasteiger partial charge is 0.294 e. The van der Waals surface area contributed by atoms with E-state index in [1.165, 1.54) is 64.1 Å². The minimum Gasteiger partial charge on any atom is -0.294 e. The minimum atomic E-state index is 0.429. The van der Waals surface area contributed by atoms with Gasteiger partial charge in [-0.3, -0.25) is 10.2 Å². The number of hydrogen-bond acceptors (Lipinski definition) is 2. The summed E-state index contributed by atoms with van der Waals surface area (Å²) in [6.45, 7) is 10.8. The van der Waals surface area contributed by atoms with Crippen molar-refractivity contribution >= 4 is 11.1 Å². The van der Waals surface area contributed by atoms with Crippen LogP contribution in [0.2, 0.25) is 0 Å². The molecule has 2 aromatic carbocycles. The summed E-state index contributed by atoms with van der Waals surface area (Å²) >= 11 is 0. The first-order valence-electron chi connectivity index (χ1n) is 13.2. The standard InChI is InChI=1S/C33H40N2/c1-5-8-15-25(4)28(13-6-2)30-16-9-10-17-31(30)29(14-7-3)26-19-21-27(22-20-26)32-24-35-23-12-11-18-33(35)34-32/h5-10,13-17,19-22,32-34H,11-12,18,23-24H2,1-4H3/b8-5-,13-6+,14-7+,25-15+,30-28+,31-29+. The highest BCUT2D eigenvalue weighted by Gasteiger charge is 2.33. The van der Waals surface area contributed by atoms with E-state index in [2.05, 4.69) is 129 Å². The van der Waals surface area contributed by atoms with Crippen LogP contribution in [0.5, 0.6) is 0 Å². The molecular weight excluding hydrogens is 424 g/mol. The SMILES string of the molecule is C\C=C/C=C(C)/C(/C=C/C)=c1\cccc\c1=C(\C=C\C)c1ccc(C2CN3CCCCC3N2)cc1. The first-order valence-corrected chi connectivity index (χ1v) is 13.2. The van der Waals surface area contributed by atoms with Gasteiger partial charge in [0.05, 0.1) is 6.17 Å². The third-order valence-corrected chi connectivity index (χ3v) is 7.19. The quantitative estimate of drug-likeness (QED) is 0.515. The number of allylic oxidation sites excluding steroid dienone is 8. The molecule has 0 aromatic heterocycles. The summed E-state index contributed by atoms with van der Waals surface area (Å²) in [5.74, 6) is 0. The molecule has 2 heterocycles. The van der Waals surface area contributed by atoms with Crippen LogP contribution in [-0.2, 0) is 0 Å². The fourth-order valence-electron chi connectivity index (χ4n) is 5.41. The maximum absolute atomic E-state index is 3.86. The van der Waals surface area contributed by atoms with E-state index >= 15 is 0 Å². The van der Waals surface area contributed by atoms with Gasteiger partial charge in [-0.1, -0.05) is 91.1 Å². The molecule has 2 atom stereocenters. The Morgan fingerprint density at radius 1 is 0.886 bits per heavy atom. The Hall–Kier alpha value is -2.94. The van der Waals surface area contributed by atoms with Crippen LogP contribution >= 0.6 is 0 Å². The van der Waals surface area contributed by atoms with Crippen LogP contribution in [0, 0.1) is 0 Å². The van der Waals surface area contributed by atoms with Crippen molar-refractivity contribution in [2.45, 2.75) is 59.2 Å². The summed E-state index contributed by atoms with van der Waals surface area (Å²) in [6.07, 6.45) is 19.6. The Bertz CT molecular complexity index is 1230. The number of piperidine rings is 1. The first kappa shape index (κ1) is 25.2. The number of hydrogen-bond donors (Lipinski definition) is 1. The Morgan fingerprint density at radius 3 is 2.31 bits per heavy atom. The van der Waals surface area contributed by atoms with Crippen molar-refractivity contribution in [1.29, 1.82) is 0 Å². The lowest BCUT2D eigenvalue weighted by molar-refractivity contribution is 0.186. The van der Waals surface area contributed by atoms with Crippen molar-refractivity contribution in [1.82, 2.24) is 10.2 Å². The van der Waals surface area contributed by atoms with Crippen LogP contribution < -0.4 is 15.8 Å². The summed E-state index contributed by atoms with van der Waals surface area (Å²) in [6, 6.07) is 18.5. The van der Waals surface area contributed by atoms with E-state index < -0.39 is 0 Å². The predicted molar refractivity (Wildman–Crippen MR) is 151 cm³/mol. The van der Waals surface area contributed by atoms with E-state index in [1.807, 2.05) is 0 Å². The zero-order valence-corrected chi connectivity index (χ0v) is 21.8. The Kier molecular flexibility index (Phi) is 8.74. The van der Waals surface area contributed by atoms with Gasteiger partial charge in [-0.25, -0.2) is 0 Å². The molecule has 0 bridgehead atoms. The van der Waals surface area contributed by atoms with Gasteiger partial charge >= 0.3 is 0 Å². The molecule has 0 amide bonds. The molecule has 2 aliphatic rings. The monoisotopic (exact) mass is 464 g/mol. The Balaban J connectivity index is 1.81. The second-order valence-corrected chi connectivity index (χ2v) is 9.60. The third kappa shape index (κ3) is 5.83. The first-order chi connectivity index (χ1) is 17.2. The van der Waals surface area contributed by atoms with E-state index in [0.29, 0.717) is 12.2 Å². The Labute approximate surface area is 211 Å². The topological polar surface area (TPSA) is 15.3 Å². The minimum absolute atomic E-state index is 0.429. The molecule has 35 heavy (non-hydrogen) atoms. The van der Waals surface area contributed by atoms with Crippen molar-refractivity contribution in [2.24, 2.45) is 0 Å². The van der Waals surface area contributed by atoms with Gasteiger partial charge in [0, 0.05) is 12.6 Å². The molecule has 2 heteroatoms. The fraction of sp³-hybridized carbons (Fsp3) is 0.333. The second kappa shape index (κ2) is 12.2. The molecule has 2 aromatic rings. The highest BCUT2D eigenvalue weighted by molar-refractivity contribution is 5.77. The zero-order valence-electron chi connectivity index (χ0n) is 21.8. The van der Waals surface area contributed by atoms with Crippen molar-refractivity contribution in [3.05, 3.63) is 118 Å². The second-order valence-electron chi connectivity index (χ2n) is 9.60. The third-order valence-electron chi connectivity index (χ3n) is 7.19. The maximum atomic E-state index is 3.86. The molecule has 2 nitrogen and oxygen atoms in total. The summed E-state index contributed by atoms with van der Waals surface area (Å²) < 4.78 is 0. The van der Waals surface area contributed by atoms with Crippen LogP contribution in [0.25, 0.3) is 11.1 Å². The normalized spacial score (nSPS) is 23.4. The van der Waals surface area contributed by atoms with E-state index in [1.54, 1.807) is 0 Å². The van der Waals surface area contributed by atoms with E-state index in [0.717, 1.165) is 6.54 Å². The number of benzene rings is 2. The fourth-order valence-corrected chi connectivity index (χ4v) is 5.41. The van der Waals surface area contributed by atoms with Crippen LogP contribution in [0.1, 0.15) is 64.1 Å². The van der Waals surface area contributed by atoms with Crippen molar-refractivity contribution in [3.63, 3.8) is 0 Å². The highest BCUT2D eigenvalue weighted by Crippen LogP contribution is 2.28. The summed E-state index contributed by atoms with van der Waals surface area (Å²) in [4.78, 5) is 2.62. The van der Waals surface area contributed by atoms with Crippen molar-refractivity contribution < 1.29 is 0 Å². The molecule has 0 aliphatic carbocycles. The highest BCUT2D eigenvalue weighted by atomic mass is 15.3. The van der Waals surface area contributed by atoms with Gasteiger partial charge in [-0.05, 0) is 91.8 Å². The molecule has 0 saturated carbocycles. The lowest BCUT2D eigenvalue weighted by Crippen LogP contribution is -2.39. The predicted octanol–water partition coefficient (Wildman–Crippen LogP) is 6.17. The van der Waals surface area contributed by atoms with E-state index in [9.17, 15) is 0 Å². The molecule has 2 aliphatic heterocycles. The van der Waals surface area contributed by atoms with Gasteiger partial charge in [-0.2, -0.15) is 0 Å². The average molecular weight is 465 g/mol. The molecule has 182 valence electrons. The Morgan fingerprint density at radius 2 is 1.63 bits per heavy atom.